The predicted octanol–water partition coefficient (Wildman–Crippen LogP) is -4.16. The number of methoxy groups -OCH3 is 1. The molecule has 12 aliphatic rings. The van der Waals surface area contributed by atoms with Crippen LogP contribution in [-0.2, 0) is 80.6 Å². The summed E-state index contributed by atoms with van der Waals surface area (Å²) in [6, 6.07) is 0. The monoisotopic (exact) mass is 1450 g/mol. The number of allylic oxidation sites excluding steroid dienone is 2. The van der Waals surface area contributed by atoms with E-state index in [4.69, 9.17) is 71.1 Å². The van der Waals surface area contributed by atoms with Crippen LogP contribution in [0.2, 0.25) is 0 Å². The second-order valence-corrected chi connectivity index (χ2v) is 32.7. The topological polar surface area (TPSA) is 496 Å². The Morgan fingerprint density at radius 3 is 1.50 bits per heavy atom. The average molecular weight is 1450 g/mol. The van der Waals surface area contributed by atoms with Gasteiger partial charge >= 0.3 is 11.9 Å². The van der Waals surface area contributed by atoms with E-state index in [0.717, 1.165) is 20.0 Å². The maximum atomic E-state index is 15.7. The molecule has 12 rings (SSSR count). The summed E-state index contributed by atoms with van der Waals surface area (Å²) < 4.78 is 89.0. The fourth-order valence-electron chi connectivity index (χ4n) is 19.6. The molecule has 4 saturated carbocycles. The minimum Gasteiger partial charge on any atom is -0.467 e. The van der Waals surface area contributed by atoms with Crippen molar-refractivity contribution in [3.63, 3.8) is 0 Å². The van der Waals surface area contributed by atoms with Gasteiger partial charge in [-0.15, -0.1) is 0 Å². The lowest BCUT2D eigenvalue weighted by atomic mass is 9.33. The summed E-state index contributed by atoms with van der Waals surface area (Å²) in [4.78, 5) is 28.9. The number of hydrogen-bond donors (Lipinski definition) is 16. The first-order valence-corrected chi connectivity index (χ1v) is 35.6. The standard InChI is InChI=1S/C68H108O33/c1-26-48(95-58-45(82)49(33(73)25-91-58)96-55-41(78)37(74)29(69)21-88-55)51(98-57-43(80)39(76)31(71)23-90-57)47(84)59(93-26)100-53-40(77)32(72)24-92-61(53)101-62(86)68-18-16-63(2,3)20-28(68)27-10-11-35-65(6)14-13-36(64(4,5)34(65)12-15-67(35,8)66(27,7)17-19-68)94-60-46(83)50(44(81)52(99-60)54(85)87-9)97-56-42(79)38(75)30(70)22-89-56/h10,26,28-53,55-61,69-84H,11-25H2,1-9H3/t26?,28-,29?,30?,31?,32?,33?,34-,35+,36-,37?,38?,39?,40?,41?,42?,43?,44?,45?,46?,47?,48?,49?,50?,51?,52?,53?,55?,56?,57?,58?,59?,60?,61?,65-,66+,67+,68-/m0/s1. The van der Waals surface area contributed by atoms with Crippen LogP contribution in [0.3, 0.4) is 0 Å². The Kier molecular flexibility index (Phi) is 22.8. The lowest BCUT2D eigenvalue weighted by Crippen LogP contribution is -2.67. The normalized spacial score (nSPS) is 53.6. The Bertz CT molecular complexity index is 2910. The molecule has 16 N–H and O–H groups in total. The SMILES string of the molecule is COC(=O)C1OC(O[C@H]2CC[C@]3(C)[C@H]4CC=C5[C@@H]6CC(C)(C)CC[C@]6(C(=O)OC6OCC(O)C(O)C6OC6OC(C)C(OC7OCC(O)C(OC8OCC(O)C(O)C8O)C7O)C(OC7OCC(O)C(O)C7O)C6O)CC[C@@]5(C)[C@]4(C)CC[C@H]3C2(C)C)C(O)C(OC2OCC(O)C(O)C2O)C1O. The summed E-state index contributed by atoms with van der Waals surface area (Å²) in [7, 11) is 1.11. The van der Waals surface area contributed by atoms with Crippen LogP contribution >= 0.6 is 0 Å². The second kappa shape index (κ2) is 29.5. The van der Waals surface area contributed by atoms with Gasteiger partial charge < -0.3 is 153 Å². The molecule has 0 aromatic heterocycles. The second-order valence-electron chi connectivity index (χ2n) is 32.7. The molecule has 33 nitrogen and oxygen atoms in total. The van der Waals surface area contributed by atoms with Crippen LogP contribution in [-0.4, -0.2) is 324 Å². The van der Waals surface area contributed by atoms with Crippen molar-refractivity contribution in [1.82, 2.24) is 0 Å². The van der Waals surface area contributed by atoms with E-state index in [1.807, 2.05) is 0 Å². The number of aliphatic hydroxyl groups is 16. The highest BCUT2D eigenvalue weighted by molar-refractivity contribution is 5.79. The molecular formula is C68H108O33. The van der Waals surface area contributed by atoms with Crippen molar-refractivity contribution in [3.8, 4) is 0 Å². The molecule has 30 unspecified atom stereocenters. The van der Waals surface area contributed by atoms with Crippen LogP contribution in [0.15, 0.2) is 11.6 Å². The van der Waals surface area contributed by atoms with Crippen LogP contribution in [0.1, 0.15) is 120 Å². The van der Waals surface area contributed by atoms with Crippen LogP contribution in [0.5, 0.6) is 0 Å². The number of carbonyl (C=O) groups is 2. The van der Waals surface area contributed by atoms with E-state index in [1.54, 1.807) is 0 Å². The molecule has 0 aromatic carbocycles. The van der Waals surface area contributed by atoms with Crippen molar-refractivity contribution in [2.75, 3.05) is 40.1 Å². The first kappa shape index (κ1) is 78.1. The van der Waals surface area contributed by atoms with Crippen LogP contribution in [0.4, 0.5) is 0 Å². The molecule has 7 heterocycles. The Morgan fingerprint density at radius 1 is 0.446 bits per heavy atom. The van der Waals surface area contributed by atoms with Crippen molar-refractivity contribution in [2.24, 2.45) is 50.2 Å². The zero-order valence-electron chi connectivity index (χ0n) is 58.4. The van der Waals surface area contributed by atoms with Crippen molar-refractivity contribution < 1.29 is 162 Å². The predicted molar refractivity (Wildman–Crippen MR) is 334 cm³/mol. The molecule has 7 saturated heterocycles. The summed E-state index contributed by atoms with van der Waals surface area (Å²) in [5, 5.41) is 176. The summed E-state index contributed by atoms with van der Waals surface area (Å²) in [6.07, 6.45) is -42.9. The maximum absolute atomic E-state index is 15.7. The van der Waals surface area contributed by atoms with Crippen LogP contribution in [0, 0.1) is 50.2 Å². The summed E-state index contributed by atoms with van der Waals surface area (Å²) in [6.45, 7) is 14.7. The zero-order chi connectivity index (χ0) is 73.3. The largest absolute Gasteiger partial charge is 0.467 e. The molecule has 101 heavy (non-hydrogen) atoms. The average Bonchev–Trinajstić information content (AvgIpc) is 0.675. The molecule has 7 aliphatic heterocycles. The molecule has 0 aromatic rings. The molecule has 0 amide bonds. The molecule has 0 spiro atoms. The lowest BCUT2D eigenvalue weighted by Gasteiger charge is -2.71. The summed E-state index contributed by atoms with van der Waals surface area (Å²) in [5.74, 6) is -1.73. The molecule has 5 aliphatic carbocycles. The van der Waals surface area contributed by atoms with Gasteiger partial charge in [0.1, 0.15) is 122 Å². The van der Waals surface area contributed by atoms with Crippen LogP contribution < -0.4 is 0 Å². The Labute approximate surface area is 584 Å². The van der Waals surface area contributed by atoms with Gasteiger partial charge in [-0.25, -0.2) is 4.79 Å². The van der Waals surface area contributed by atoms with E-state index < -0.39 is 252 Å². The summed E-state index contributed by atoms with van der Waals surface area (Å²) in [5.41, 5.74) is -1.76. The molecule has 33 heteroatoms. The number of aliphatic hydroxyl groups excluding tert-OH is 16. The summed E-state index contributed by atoms with van der Waals surface area (Å²) >= 11 is 0. The molecular weight excluding hydrogens is 1340 g/mol. The third kappa shape index (κ3) is 13.8. The van der Waals surface area contributed by atoms with E-state index in [2.05, 4.69) is 54.5 Å². The quantitative estimate of drug-likeness (QED) is 0.0420. The Morgan fingerprint density at radius 2 is 0.921 bits per heavy atom. The van der Waals surface area contributed by atoms with E-state index in [0.29, 0.717) is 51.4 Å². The molecule has 0 radical (unpaired) electrons. The van der Waals surface area contributed by atoms with Gasteiger partial charge in [0.2, 0.25) is 6.29 Å². The first-order valence-electron chi connectivity index (χ1n) is 35.6. The van der Waals surface area contributed by atoms with E-state index in [1.165, 1.54) is 12.5 Å². The van der Waals surface area contributed by atoms with E-state index in [9.17, 15) is 86.5 Å². The zero-order valence-corrected chi connectivity index (χ0v) is 58.4. The van der Waals surface area contributed by atoms with Gasteiger partial charge in [0.25, 0.3) is 0 Å². The van der Waals surface area contributed by atoms with Gasteiger partial charge in [-0.2, -0.15) is 0 Å². The van der Waals surface area contributed by atoms with Gasteiger partial charge in [-0.05, 0) is 116 Å². The fraction of sp³-hybridized carbons (Fsp3) is 0.941. The Hall–Kier alpha value is -2.48. The van der Waals surface area contributed by atoms with Gasteiger partial charge in [-0.1, -0.05) is 60.1 Å². The molecule has 38 atom stereocenters. The molecule has 11 fully saturated rings. The van der Waals surface area contributed by atoms with Gasteiger partial charge in [0.05, 0.1) is 57.8 Å². The fourth-order valence-corrected chi connectivity index (χ4v) is 19.6. The number of esters is 2. The van der Waals surface area contributed by atoms with Gasteiger partial charge in [0, 0.05) is 0 Å². The third-order valence-corrected chi connectivity index (χ3v) is 25.9. The van der Waals surface area contributed by atoms with Crippen molar-refractivity contribution in [1.29, 1.82) is 0 Å². The van der Waals surface area contributed by atoms with Gasteiger partial charge in [-0.3, -0.25) is 4.79 Å². The highest BCUT2D eigenvalue weighted by Gasteiger charge is 2.71. The van der Waals surface area contributed by atoms with Crippen LogP contribution in [0.25, 0.3) is 0 Å². The minimum atomic E-state index is -2.04. The number of hydrogen-bond acceptors (Lipinski definition) is 33. The number of fused-ring (bicyclic) bond motifs is 7. The maximum Gasteiger partial charge on any atom is 0.337 e. The third-order valence-electron chi connectivity index (χ3n) is 25.9. The highest BCUT2D eigenvalue weighted by Crippen LogP contribution is 2.76. The van der Waals surface area contributed by atoms with Gasteiger partial charge in [0.15, 0.2) is 49.9 Å². The number of carbonyl (C=O) groups excluding carboxylic acids is 2. The Balaban J connectivity index is 0.762. The minimum absolute atomic E-state index is 0.0498. The lowest BCUT2D eigenvalue weighted by molar-refractivity contribution is -0.392. The van der Waals surface area contributed by atoms with Crippen molar-refractivity contribution in [3.05, 3.63) is 11.6 Å². The van der Waals surface area contributed by atoms with Crippen molar-refractivity contribution in [2.45, 2.75) is 310 Å². The number of ether oxygens (including phenoxy) is 15. The molecule has 0 bridgehead atoms. The first-order chi connectivity index (χ1) is 47.4. The highest BCUT2D eigenvalue weighted by atomic mass is 16.8. The number of rotatable bonds is 15. The smallest absolute Gasteiger partial charge is 0.337 e. The molecule has 578 valence electrons. The van der Waals surface area contributed by atoms with Crippen molar-refractivity contribution >= 4 is 11.9 Å². The van der Waals surface area contributed by atoms with E-state index >= 15 is 4.79 Å². The van der Waals surface area contributed by atoms with E-state index in [-0.39, 0.29) is 34.0 Å².